The van der Waals surface area contributed by atoms with Gasteiger partial charge in [-0.3, -0.25) is 14.4 Å². The topological polar surface area (TPSA) is 121 Å². The maximum absolute atomic E-state index is 11.5. The predicted molar refractivity (Wildman–Crippen MR) is 88.0 cm³/mol. The minimum Gasteiger partial charge on any atom is -0.481 e. The van der Waals surface area contributed by atoms with Crippen LogP contribution in [0.1, 0.15) is 52.9 Å². The molecule has 0 aromatic heterocycles. The van der Waals surface area contributed by atoms with Gasteiger partial charge in [0.25, 0.3) is 11.8 Å². The van der Waals surface area contributed by atoms with Gasteiger partial charge >= 0.3 is 11.9 Å². The molecule has 0 saturated carbocycles. The van der Waals surface area contributed by atoms with Gasteiger partial charge in [-0.15, -0.1) is 5.06 Å². The number of amides is 2. The van der Waals surface area contributed by atoms with E-state index in [1.54, 1.807) is 0 Å². The molecule has 1 rings (SSSR count). The molecular formula is C15H25NO7S. The zero-order chi connectivity index (χ0) is 18.9. The number of aliphatic carboxylic acids is 1. The molecule has 0 radical (unpaired) electrons. The number of carbonyl (C=O) groups is 4. The number of hydrogen-bond acceptors (Lipinski definition) is 7. The summed E-state index contributed by atoms with van der Waals surface area (Å²) in [5.74, 6) is -2.09. The van der Waals surface area contributed by atoms with Crippen molar-refractivity contribution in [2.75, 3.05) is 6.61 Å². The van der Waals surface area contributed by atoms with Gasteiger partial charge in [0, 0.05) is 25.9 Å². The molecule has 8 nitrogen and oxygen atoms in total. The van der Waals surface area contributed by atoms with Crippen molar-refractivity contribution in [2.24, 2.45) is 5.92 Å². The number of rotatable bonds is 7. The third kappa shape index (κ3) is 8.30. The van der Waals surface area contributed by atoms with E-state index >= 15 is 0 Å². The first-order valence-electron chi connectivity index (χ1n) is 7.64. The number of carbonyl (C=O) groups excluding carboxylic acids is 3. The lowest BCUT2D eigenvalue weighted by Gasteiger charge is -2.22. The second-order valence-electron chi connectivity index (χ2n) is 6.03. The van der Waals surface area contributed by atoms with E-state index in [-0.39, 0.29) is 25.9 Å². The molecule has 138 valence electrons. The van der Waals surface area contributed by atoms with E-state index in [1.165, 1.54) is 6.92 Å². The van der Waals surface area contributed by atoms with Crippen LogP contribution in [0.15, 0.2) is 0 Å². The van der Waals surface area contributed by atoms with Crippen LogP contribution in [-0.4, -0.2) is 50.4 Å². The van der Waals surface area contributed by atoms with Crippen LogP contribution in [0.3, 0.4) is 0 Å². The summed E-state index contributed by atoms with van der Waals surface area (Å²) >= 11 is 4.01. The van der Waals surface area contributed by atoms with Crippen molar-refractivity contribution in [2.45, 2.75) is 57.6 Å². The van der Waals surface area contributed by atoms with Crippen molar-refractivity contribution in [3.8, 4) is 0 Å². The number of imide groups is 1. The van der Waals surface area contributed by atoms with Crippen LogP contribution in [0.5, 0.6) is 0 Å². The van der Waals surface area contributed by atoms with Crippen LogP contribution in [-0.2, 0) is 24.0 Å². The molecule has 24 heavy (non-hydrogen) atoms. The maximum Gasteiger partial charge on any atom is 0.348 e. The Labute approximate surface area is 146 Å². The molecule has 0 aliphatic carbocycles. The van der Waals surface area contributed by atoms with E-state index in [0.717, 1.165) is 6.42 Å². The predicted octanol–water partition coefficient (Wildman–Crippen LogP) is 1.17. The molecule has 0 aromatic carbocycles. The number of thiol groups is 1. The number of hydrogen-bond donors (Lipinski definition) is 3. The monoisotopic (exact) mass is 363 g/mol. The van der Waals surface area contributed by atoms with Crippen molar-refractivity contribution in [1.82, 2.24) is 5.06 Å². The summed E-state index contributed by atoms with van der Waals surface area (Å²) in [5.41, 5.74) is 0. The van der Waals surface area contributed by atoms with E-state index in [4.69, 9.17) is 10.2 Å². The van der Waals surface area contributed by atoms with Crippen LogP contribution in [0.25, 0.3) is 0 Å². The van der Waals surface area contributed by atoms with Crippen LogP contribution >= 0.6 is 12.6 Å². The van der Waals surface area contributed by atoms with Crippen LogP contribution in [0.4, 0.5) is 0 Å². The molecule has 0 bridgehead atoms. The van der Waals surface area contributed by atoms with Crippen LogP contribution in [0, 0.1) is 5.92 Å². The van der Waals surface area contributed by atoms with Gasteiger partial charge in [0.15, 0.2) is 0 Å². The lowest BCUT2D eigenvalue weighted by Crippen LogP contribution is -2.40. The van der Waals surface area contributed by atoms with Crippen LogP contribution < -0.4 is 0 Å². The summed E-state index contributed by atoms with van der Waals surface area (Å²) in [6, 6.07) is 0. The highest BCUT2D eigenvalue weighted by Crippen LogP contribution is 2.22. The Hall–Kier alpha value is -1.61. The van der Waals surface area contributed by atoms with E-state index in [9.17, 15) is 19.2 Å². The molecule has 0 aromatic rings. The summed E-state index contributed by atoms with van der Waals surface area (Å²) in [5, 5.41) is 17.3. The zero-order valence-electron chi connectivity index (χ0n) is 14.2. The van der Waals surface area contributed by atoms with Gasteiger partial charge < -0.3 is 15.1 Å². The summed E-state index contributed by atoms with van der Waals surface area (Å²) in [4.78, 5) is 48.4. The van der Waals surface area contributed by atoms with E-state index in [2.05, 4.69) is 17.5 Å². The summed E-state index contributed by atoms with van der Waals surface area (Å²) < 4.78 is -1.22. The Morgan fingerprint density at radius 1 is 1.29 bits per heavy atom. The standard InChI is InChI=1S/C9H13NO5S.C6H12O2/c1-9(16,4-5-11)8(14)15-10-6(12)2-3-7(10)13;1-5(2)3-4-6(7)8/h11,16H,2-5H2,1H3;5H,3-4H2,1-2H3,(H,7,8). The van der Waals surface area contributed by atoms with Gasteiger partial charge in [0.1, 0.15) is 4.75 Å². The Balaban J connectivity index is 0.000000561. The number of hydroxylamine groups is 2. The Bertz CT molecular complexity index is 460. The molecule has 1 atom stereocenters. The first kappa shape index (κ1) is 22.4. The number of aliphatic hydroxyl groups is 1. The first-order chi connectivity index (χ1) is 11.0. The molecule has 1 unspecified atom stereocenters. The highest BCUT2D eigenvalue weighted by molar-refractivity contribution is 7.82. The Morgan fingerprint density at radius 3 is 2.12 bits per heavy atom. The van der Waals surface area contributed by atoms with E-state index in [0.29, 0.717) is 17.4 Å². The average Bonchev–Trinajstić information content (AvgIpc) is 2.77. The minimum atomic E-state index is -1.22. The quantitative estimate of drug-likeness (QED) is 0.458. The van der Waals surface area contributed by atoms with Gasteiger partial charge in [-0.05, 0) is 25.7 Å². The lowest BCUT2D eigenvalue weighted by molar-refractivity contribution is -0.199. The zero-order valence-corrected chi connectivity index (χ0v) is 15.0. The van der Waals surface area contributed by atoms with Gasteiger partial charge in [-0.25, -0.2) is 4.79 Å². The molecule has 1 aliphatic heterocycles. The summed E-state index contributed by atoms with van der Waals surface area (Å²) in [6.45, 7) is 5.24. The second-order valence-corrected chi connectivity index (χ2v) is 7.02. The largest absolute Gasteiger partial charge is 0.481 e. The minimum absolute atomic E-state index is 0.0510. The lowest BCUT2D eigenvalue weighted by atomic mass is 10.1. The van der Waals surface area contributed by atoms with Gasteiger partial charge in [-0.1, -0.05) is 13.8 Å². The molecule has 9 heteroatoms. The van der Waals surface area contributed by atoms with Gasteiger partial charge in [0.05, 0.1) is 0 Å². The molecule has 1 heterocycles. The van der Waals surface area contributed by atoms with Crippen molar-refractivity contribution < 1.29 is 34.2 Å². The number of carboxylic acids is 1. The van der Waals surface area contributed by atoms with Crippen molar-refractivity contribution in [1.29, 1.82) is 0 Å². The molecule has 2 amide bonds. The highest BCUT2D eigenvalue weighted by atomic mass is 32.1. The fourth-order valence-corrected chi connectivity index (χ4v) is 1.71. The van der Waals surface area contributed by atoms with Gasteiger partial charge in [0.2, 0.25) is 0 Å². The summed E-state index contributed by atoms with van der Waals surface area (Å²) in [6.07, 6.45) is 1.27. The number of carboxylic acid groups (broad SMARTS) is 1. The third-order valence-electron chi connectivity index (χ3n) is 3.15. The fraction of sp³-hybridized carbons (Fsp3) is 0.733. The normalized spacial score (nSPS) is 16.5. The van der Waals surface area contributed by atoms with Crippen molar-refractivity contribution >= 4 is 36.4 Å². The fourth-order valence-electron chi connectivity index (χ4n) is 1.57. The van der Waals surface area contributed by atoms with E-state index < -0.39 is 28.5 Å². The van der Waals surface area contributed by atoms with Gasteiger partial charge in [-0.2, -0.15) is 12.6 Å². The Kier molecular flexibility index (Phi) is 9.60. The number of nitrogens with zero attached hydrogens (tertiary/aromatic N) is 1. The molecule has 1 saturated heterocycles. The van der Waals surface area contributed by atoms with Crippen LogP contribution in [0.2, 0.25) is 0 Å². The molecule has 0 spiro atoms. The highest BCUT2D eigenvalue weighted by Gasteiger charge is 2.38. The van der Waals surface area contributed by atoms with Crippen molar-refractivity contribution in [3.05, 3.63) is 0 Å². The number of aliphatic hydroxyl groups excluding tert-OH is 1. The second kappa shape index (κ2) is 10.3. The molecule has 2 N–H and O–H groups in total. The SMILES string of the molecule is CC(C)CCC(=O)O.CC(S)(CCO)C(=O)ON1C(=O)CCC1=O. The third-order valence-corrected chi connectivity index (χ3v) is 3.56. The van der Waals surface area contributed by atoms with Crippen molar-refractivity contribution in [3.63, 3.8) is 0 Å². The maximum atomic E-state index is 11.5. The average molecular weight is 363 g/mol. The van der Waals surface area contributed by atoms with E-state index in [1.807, 2.05) is 13.8 Å². The smallest absolute Gasteiger partial charge is 0.348 e. The Morgan fingerprint density at radius 2 is 1.79 bits per heavy atom. The molecular weight excluding hydrogens is 338 g/mol. The molecule has 1 fully saturated rings. The first-order valence-corrected chi connectivity index (χ1v) is 8.09. The molecule has 1 aliphatic rings. The summed E-state index contributed by atoms with van der Waals surface area (Å²) in [7, 11) is 0.